The molecule has 0 aromatic carbocycles. The van der Waals surface area contributed by atoms with Crippen molar-refractivity contribution in [3.8, 4) is 0 Å². The van der Waals surface area contributed by atoms with Crippen molar-refractivity contribution >= 4 is 56.5 Å². The maximum absolute atomic E-state index is 11.7. The van der Waals surface area contributed by atoms with Crippen LogP contribution in [0.1, 0.15) is 26.2 Å². The second-order valence-corrected chi connectivity index (χ2v) is 7.29. The van der Waals surface area contributed by atoms with E-state index in [1.807, 2.05) is 6.92 Å². The molecule has 0 bridgehead atoms. The topological polar surface area (TPSA) is 96.9 Å². The van der Waals surface area contributed by atoms with Gasteiger partial charge in [-0.3, -0.25) is 9.59 Å². The fourth-order valence-corrected chi connectivity index (χ4v) is 3.52. The summed E-state index contributed by atoms with van der Waals surface area (Å²) in [6, 6.07) is 0. The molecular formula is C12H15N5O2S3. The fraction of sp³-hybridized carbons (Fsp3) is 0.417. The SMILES string of the molecule is CCCCC(=O)Nc1nnc(SCC(=O)Nc2nccs2)s1. The molecule has 118 valence electrons. The van der Waals surface area contributed by atoms with Gasteiger partial charge in [-0.15, -0.1) is 21.5 Å². The Balaban J connectivity index is 1.74. The third kappa shape index (κ3) is 5.70. The lowest BCUT2D eigenvalue weighted by atomic mass is 10.2. The number of unbranched alkanes of at least 4 members (excludes halogenated alkanes) is 1. The quantitative estimate of drug-likeness (QED) is 0.557. The second kappa shape index (κ2) is 8.81. The zero-order chi connectivity index (χ0) is 15.8. The molecule has 2 amide bonds. The van der Waals surface area contributed by atoms with E-state index < -0.39 is 0 Å². The number of hydrogen-bond donors (Lipinski definition) is 2. The molecule has 0 atom stereocenters. The van der Waals surface area contributed by atoms with Crippen molar-refractivity contribution in [1.82, 2.24) is 15.2 Å². The van der Waals surface area contributed by atoms with Crippen molar-refractivity contribution in [2.45, 2.75) is 30.5 Å². The highest BCUT2D eigenvalue weighted by atomic mass is 32.2. The summed E-state index contributed by atoms with van der Waals surface area (Å²) in [5.74, 6) is 0.0117. The van der Waals surface area contributed by atoms with Gasteiger partial charge >= 0.3 is 0 Å². The van der Waals surface area contributed by atoms with Gasteiger partial charge in [0.2, 0.25) is 16.9 Å². The van der Waals surface area contributed by atoms with E-state index in [1.165, 1.54) is 34.4 Å². The molecule has 2 N–H and O–H groups in total. The largest absolute Gasteiger partial charge is 0.301 e. The first-order chi connectivity index (χ1) is 10.7. The van der Waals surface area contributed by atoms with E-state index in [-0.39, 0.29) is 17.6 Å². The number of amides is 2. The van der Waals surface area contributed by atoms with Gasteiger partial charge in [0.15, 0.2) is 9.47 Å². The second-order valence-electron chi connectivity index (χ2n) is 4.20. The van der Waals surface area contributed by atoms with Crippen molar-refractivity contribution in [2.24, 2.45) is 0 Å². The zero-order valence-electron chi connectivity index (χ0n) is 11.9. The first kappa shape index (κ1) is 16.8. The number of rotatable bonds is 8. The van der Waals surface area contributed by atoms with Crippen molar-refractivity contribution in [2.75, 3.05) is 16.4 Å². The van der Waals surface area contributed by atoms with E-state index in [9.17, 15) is 9.59 Å². The molecule has 0 unspecified atom stereocenters. The van der Waals surface area contributed by atoms with Crippen LogP contribution in [0.3, 0.4) is 0 Å². The number of hydrogen-bond acceptors (Lipinski definition) is 8. The molecule has 0 saturated carbocycles. The van der Waals surface area contributed by atoms with Gasteiger partial charge in [0.25, 0.3) is 0 Å². The molecule has 0 aliphatic carbocycles. The smallest absolute Gasteiger partial charge is 0.236 e. The molecule has 0 aliphatic heterocycles. The third-order valence-corrected chi connectivity index (χ3v) is 5.08. The Morgan fingerprint density at radius 3 is 2.77 bits per heavy atom. The number of thioether (sulfide) groups is 1. The maximum atomic E-state index is 11.7. The summed E-state index contributed by atoms with van der Waals surface area (Å²) in [5.41, 5.74) is 0. The number of anilines is 2. The zero-order valence-corrected chi connectivity index (χ0v) is 14.3. The standard InChI is InChI=1S/C12H15N5O2S3/c1-2-3-4-8(18)14-11-16-17-12(22-11)21-7-9(19)15-10-13-5-6-20-10/h5-6H,2-4,7H2,1H3,(H,13,15,19)(H,14,16,18). The van der Waals surface area contributed by atoms with Crippen LogP contribution in [0.5, 0.6) is 0 Å². The van der Waals surface area contributed by atoms with Gasteiger partial charge in [-0.2, -0.15) is 0 Å². The van der Waals surface area contributed by atoms with Crippen LogP contribution in [0, 0.1) is 0 Å². The highest BCUT2D eigenvalue weighted by Gasteiger charge is 2.11. The Morgan fingerprint density at radius 2 is 2.05 bits per heavy atom. The van der Waals surface area contributed by atoms with E-state index in [0.29, 0.717) is 21.0 Å². The molecule has 0 aliphatic rings. The Hall–Kier alpha value is -1.52. The number of thiazole rings is 1. The molecule has 2 heterocycles. The highest BCUT2D eigenvalue weighted by Crippen LogP contribution is 2.25. The van der Waals surface area contributed by atoms with E-state index in [1.54, 1.807) is 11.6 Å². The first-order valence-corrected chi connectivity index (χ1v) is 9.31. The van der Waals surface area contributed by atoms with Crippen LogP contribution >= 0.6 is 34.4 Å². The lowest BCUT2D eigenvalue weighted by molar-refractivity contribution is -0.116. The highest BCUT2D eigenvalue weighted by molar-refractivity contribution is 8.01. The molecule has 0 saturated heterocycles. The Morgan fingerprint density at radius 1 is 1.23 bits per heavy atom. The minimum atomic E-state index is -0.149. The van der Waals surface area contributed by atoms with Crippen molar-refractivity contribution in [3.05, 3.63) is 11.6 Å². The van der Waals surface area contributed by atoms with E-state index in [4.69, 9.17) is 0 Å². The lowest BCUT2D eigenvalue weighted by Crippen LogP contribution is -2.13. The monoisotopic (exact) mass is 357 g/mol. The average Bonchev–Trinajstić information content (AvgIpc) is 3.15. The number of carbonyl (C=O) groups excluding carboxylic acids is 2. The maximum Gasteiger partial charge on any atom is 0.236 e. The summed E-state index contributed by atoms with van der Waals surface area (Å²) < 4.78 is 0.639. The summed E-state index contributed by atoms with van der Waals surface area (Å²) >= 11 is 3.90. The van der Waals surface area contributed by atoms with E-state index >= 15 is 0 Å². The molecule has 2 aromatic rings. The first-order valence-electron chi connectivity index (χ1n) is 6.63. The van der Waals surface area contributed by atoms with Gasteiger partial charge < -0.3 is 10.6 Å². The molecule has 10 heteroatoms. The van der Waals surface area contributed by atoms with E-state index in [0.717, 1.165) is 12.8 Å². The number of aromatic nitrogens is 3. The van der Waals surface area contributed by atoms with Crippen molar-refractivity contribution < 1.29 is 9.59 Å². The molecule has 2 rings (SSSR count). The normalized spacial score (nSPS) is 10.4. The van der Waals surface area contributed by atoms with Crippen molar-refractivity contribution in [1.29, 1.82) is 0 Å². The van der Waals surface area contributed by atoms with Gasteiger partial charge in [-0.25, -0.2) is 4.98 Å². The molecule has 7 nitrogen and oxygen atoms in total. The van der Waals surface area contributed by atoms with Gasteiger partial charge in [0.1, 0.15) is 0 Å². The predicted octanol–water partition coefficient (Wildman–Crippen LogP) is 2.85. The Labute approximate surface area is 139 Å². The van der Waals surface area contributed by atoms with Crippen LogP contribution in [-0.4, -0.2) is 32.7 Å². The predicted molar refractivity (Wildman–Crippen MR) is 89.5 cm³/mol. The van der Waals surface area contributed by atoms with E-state index in [2.05, 4.69) is 25.8 Å². The lowest BCUT2D eigenvalue weighted by Gasteiger charge is -1.99. The third-order valence-electron chi connectivity index (χ3n) is 2.42. The van der Waals surface area contributed by atoms with Gasteiger partial charge in [0, 0.05) is 18.0 Å². The summed E-state index contributed by atoms with van der Waals surface area (Å²) in [6.45, 7) is 2.03. The number of nitrogens with zero attached hydrogens (tertiary/aromatic N) is 3. The Bertz CT molecular complexity index is 614. The van der Waals surface area contributed by atoms with Crippen LogP contribution in [0.15, 0.2) is 15.9 Å². The minimum absolute atomic E-state index is 0.0592. The summed E-state index contributed by atoms with van der Waals surface area (Å²) in [5, 5.41) is 16.1. The van der Waals surface area contributed by atoms with Crippen molar-refractivity contribution in [3.63, 3.8) is 0 Å². The fourth-order valence-electron chi connectivity index (χ4n) is 1.41. The summed E-state index contributed by atoms with van der Waals surface area (Å²) in [7, 11) is 0. The van der Waals surface area contributed by atoms with Crippen LogP contribution in [0.2, 0.25) is 0 Å². The summed E-state index contributed by atoms with van der Waals surface area (Å²) in [6.07, 6.45) is 3.93. The van der Waals surface area contributed by atoms with Gasteiger partial charge in [-0.05, 0) is 6.42 Å². The Kier molecular flexibility index (Phi) is 6.74. The molecule has 0 radical (unpaired) electrons. The molecule has 0 fully saturated rings. The van der Waals surface area contributed by atoms with Gasteiger partial charge in [0.05, 0.1) is 5.75 Å². The number of carbonyl (C=O) groups is 2. The summed E-state index contributed by atoms with van der Waals surface area (Å²) in [4.78, 5) is 27.3. The van der Waals surface area contributed by atoms with Crippen LogP contribution in [-0.2, 0) is 9.59 Å². The van der Waals surface area contributed by atoms with Crippen LogP contribution in [0.25, 0.3) is 0 Å². The van der Waals surface area contributed by atoms with Crippen LogP contribution < -0.4 is 10.6 Å². The molecule has 22 heavy (non-hydrogen) atoms. The minimum Gasteiger partial charge on any atom is -0.301 e. The molecule has 0 spiro atoms. The molecule has 2 aromatic heterocycles. The number of nitrogens with one attached hydrogen (secondary N) is 2. The van der Waals surface area contributed by atoms with Crippen LogP contribution in [0.4, 0.5) is 10.3 Å². The molecular weight excluding hydrogens is 342 g/mol. The van der Waals surface area contributed by atoms with Gasteiger partial charge in [-0.1, -0.05) is 36.4 Å². The average molecular weight is 357 g/mol.